The minimum Gasteiger partial charge on any atom is -0.489 e. The molecule has 0 saturated carbocycles. The Morgan fingerprint density at radius 3 is 2.31 bits per heavy atom. The summed E-state index contributed by atoms with van der Waals surface area (Å²) in [5.41, 5.74) is 5.07. The second kappa shape index (κ2) is 14.2. The van der Waals surface area contributed by atoms with Gasteiger partial charge < -0.3 is 20.5 Å². The van der Waals surface area contributed by atoms with Crippen LogP contribution in [0.3, 0.4) is 0 Å². The Balaban J connectivity index is 1.61. The fraction of sp³-hybridized carbons (Fsp3) is 0.278. The number of nitrogens with one attached hydrogen (secondary N) is 2. The molecule has 2 amide bonds. The maximum atomic E-state index is 14.2. The lowest BCUT2D eigenvalue weighted by molar-refractivity contribution is 0.262. The van der Waals surface area contributed by atoms with Gasteiger partial charge in [-0.05, 0) is 65.3 Å². The molecule has 9 heteroatoms. The molecule has 0 saturated heterocycles. The van der Waals surface area contributed by atoms with Gasteiger partial charge in [-0.1, -0.05) is 64.1 Å². The number of ether oxygens (including phenoxy) is 1. The van der Waals surface area contributed by atoms with E-state index >= 15 is 0 Å². The van der Waals surface area contributed by atoms with Crippen LogP contribution in [-0.4, -0.2) is 32.3 Å². The predicted octanol–water partition coefficient (Wildman–Crippen LogP) is 7.31. The lowest BCUT2D eigenvalue weighted by Gasteiger charge is -2.22. The molecule has 0 aliphatic heterocycles. The van der Waals surface area contributed by atoms with Crippen LogP contribution in [0.15, 0.2) is 90.1 Å². The highest BCUT2D eigenvalue weighted by Crippen LogP contribution is 2.36. The Kier molecular flexibility index (Phi) is 9.89. The van der Waals surface area contributed by atoms with Gasteiger partial charge in [0.1, 0.15) is 23.7 Å². The van der Waals surface area contributed by atoms with E-state index in [0.29, 0.717) is 40.9 Å². The number of carbonyl (C=O) groups excluding carboxylic acids is 1. The molecular weight excluding hydrogens is 566 g/mol. The topological polar surface area (TPSA) is 118 Å². The van der Waals surface area contributed by atoms with Crippen molar-refractivity contribution in [3.8, 4) is 16.9 Å². The van der Waals surface area contributed by atoms with E-state index in [1.165, 1.54) is 4.57 Å². The van der Waals surface area contributed by atoms with Crippen molar-refractivity contribution in [3.63, 3.8) is 0 Å². The van der Waals surface area contributed by atoms with Crippen molar-refractivity contribution in [2.75, 3.05) is 17.2 Å². The van der Waals surface area contributed by atoms with Crippen molar-refractivity contribution in [1.29, 1.82) is 0 Å². The Morgan fingerprint density at radius 2 is 1.62 bits per heavy atom. The van der Waals surface area contributed by atoms with Gasteiger partial charge in [0, 0.05) is 53.9 Å². The maximum Gasteiger partial charge on any atom is 0.323 e. The van der Waals surface area contributed by atoms with Crippen LogP contribution in [0.25, 0.3) is 22.2 Å². The third kappa shape index (κ3) is 7.05. The van der Waals surface area contributed by atoms with E-state index in [9.17, 15) is 14.7 Å². The number of amides is 2. The van der Waals surface area contributed by atoms with Crippen LogP contribution in [0.5, 0.6) is 5.75 Å². The number of para-hydroxylation sites is 1. The van der Waals surface area contributed by atoms with Crippen LogP contribution in [0.4, 0.5) is 16.2 Å². The SMILES string of the molecule is CC(C)c1cccc(C(C)C)c1NC(=O)Nc1c(-c2cccc(OCc3cccnc3)c2)c2cccnc2n(CCCO)c1=O. The number of hydrogen-bond donors (Lipinski definition) is 3. The van der Waals surface area contributed by atoms with Gasteiger partial charge in [-0.15, -0.1) is 0 Å². The standard InChI is InChI=1S/C36H39N5O4/c1-23(2)28-13-6-14-29(24(3)4)32(28)39-36(44)40-33-31(30-15-8-17-38-34(30)41(35(33)43)18-9-19-42)26-11-5-12-27(20-26)45-22-25-10-7-16-37-21-25/h5-8,10-17,20-21,23-24,42H,9,18-19,22H2,1-4H3,(H2,39,40,44). The Morgan fingerprint density at radius 1 is 0.911 bits per heavy atom. The zero-order valence-electron chi connectivity index (χ0n) is 26.1. The van der Waals surface area contributed by atoms with Crippen LogP contribution in [0.1, 0.15) is 62.6 Å². The summed E-state index contributed by atoms with van der Waals surface area (Å²) in [5.74, 6) is 0.943. The summed E-state index contributed by atoms with van der Waals surface area (Å²) < 4.78 is 7.59. The number of aromatic nitrogens is 3. The first kappa shape index (κ1) is 31.4. The molecule has 0 unspecified atom stereocenters. The van der Waals surface area contributed by atoms with E-state index in [0.717, 1.165) is 22.4 Å². The fourth-order valence-electron chi connectivity index (χ4n) is 5.48. The normalized spacial score (nSPS) is 11.3. The number of carbonyl (C=O) groups is 1. The van der Waals surface area contributed by atoms with Crippen LogP contribution in [-0.2, 0) is 13.2 Å². The summed E-state index contributed by atoms with van der Waals surface area (Å²) in [6.07, 6.45) is 5.44. The molecule has 3 aromatic heterocycles. The fourth-order valence-corrected chi connectivity index (χ4v) is 5.48. The van der Waals surface area contributed by atoms with Gasteiger partial charge in [-0.2, -0.15) is 0 Å². The summed E-state index contributed by atoms with van der Waals surface area (Å²) in [7, 11) is 0. The molecule has 3 N–H and O–H groups in total. The zero-order chi connectivity index (χ0) is 31.9. The van der Waals surface area contributed by atoms with Crippen molar-refractivity contribution >= 4 is 28.4 Å². The summed E-state index contributed by atoms with van der Waals surface area (Å²) >= 11 is 0. The summed E-state index contributed by atoms with van der Waals surface area (Å²) in [5, 5.41) is 16.2. The number of nitrogens with zero attached hydrogens (tertiary/aromatic N) is 3. The molecule has 232 valence electrons. The molecule has 2 aromatic carbocycles. The van der Waals surface area contributed by atoms with Crippen molar-refractivity contribution in [3.05, 3.63) is 112 Å². The summed E-state index contributed by atoms with van der Waals surface area (Å²) in [6.45, 7) is 8.80. The van der Waals surface area contributed by atoms with Crippen molar-refractivity contribution in [2.24, 2.45) is 0 Å². The molecule has 0 bridgehead atoms. The largest absolute Gasteiger partial charge is 0.489 e. The van der Waals surface area contributed by atoms with E-state index in [4.69, 9.17) is 4.74 Å². The predicted molar refractivity (Wildman–Crippen MR) is 179 cm³/mol. The molecule has 0 spiro atoms. The third-order valence-corrected chi connectivity index (χ3v) is 7.66. The van der Waals surface area contributed by atoms with Gasteiger partial charge in [0.25, 0.3) is 5.56 Å². The molecular formula is C36H39N5O4. The number of aliphatic hydroxyl groups excluding tert-OH is 1. The second-order valence-electron chi connectivity index (χ2n) is 11.5. The van der Waals surface area contributed by atoms with Gasteiger partial charge in [-0.3, -0.25) is 14.3 Å². The molecule has 0 radical (unpaired) electrons. The first-order chi connectivity index (χ1) is 21.8. The number of urea groups is 1. The van der Waals surface area contributed by atoms with Gasteiger partial charge in [0.2, 0.25) is 0 Å². The van der Waals surface area contributed by atoms with Crippen LogP contribution in [0, 0.1) is 0 Å². The van der Waals surface area contributed by atoms with Crippen molar-refractivity contribution < 1.29 is 14.6 Å². The Bertz CT molecular complexity index is 1820. The maximum absolute atomic E-state index is 14.2. The van der Waals surface area contributed by atoms with Gasteiger partial charge in [-0.25, -0.2) is 9.78 Å². The van der Waals surface area contributed by atoms with Crippen molar-refractivity contribution in [1.82, 2.24) is 14.5 Å². The lowest BCUT2D eigenvalue weighted by atomic mass is 9.93. The molecule has 5 rings (SSSR count). The smallest absolute Gasteiger partial charge is 0.323 e. The number of pyridine rings is 3. The van der Waals surface area contributed by atoms with E-state index in [2.05, 4.69) is 48.3 Å². The van der Waals surface area contributed by atoms with Crippen LogP contribution in [0.2, 0.25) is 0 Å². The molecule has 0 atom stereocenters. The Hall–Kier alpha value is -5.02. The van der Waals surface area contributed by atoms with Gasteiger partial charge in [0.05, 0.1) is 0 Å². The van der Waals surface area contributed by atoms with E-state index in [-0.39, 0.29) is 30.7 Å². The van der Waals surface area contributed by atoms with Crippen LogP contribution < -0.4 is 20.9 Å². The summed E-state index contributed by atoms with van der Waals surface area (Å²) in [6, 6.07) is 20.4. The number of hydrogen-bond acceptors (Lipinski definition) is 6. The van der Waals surface area contributed by atoms with E-state index < -0.39 is 11.6 Å². The molecule has 0 aliphatic rings. The Labute approximate surface area is 262 Å². The van der Waals surface area contributed by atoms with E-state index in [1.807, 2.05) is 60.7 Å². The first-order valence-corrected chi connectivity index (χ1v) is 15.2. The zero-order valence-corrected chi connectivity index (χ0v) is 26.1. The highest BCUT2D eigenvalue weighted by molar-refractivity contribution is 6.07. The molecule has 0 fully saturated rings. The molecule has 45 heavy (non-hydrogen) atoms. The molecule has 5 aromatic rings. The quantitative estimate of drug-likeness (QED) is 0.145. The minimum absolute atomic E-state index is 0.0912. The average molecular weight is 606 g/mol. The highest BCUT2D eigenvalue weighted by Gasteiger charge is 2.23. The first-order valence-electron chi connectivity index (χ1n) is 15.2. The second-order valence-corrected chi connectivity index (χ2v) is 11.5. The van der Waals surface area contributed by atoms with Gasteiger partial charge in [0.15, 0.2) is 0 Å². The summed E-state index contributed by atoms with van der Waals surface area (Å²) in [4.78, 5) is 36.7. The third-order valence-electron chi connectivity index (χ3n) is 7.66. The minimum atomic E-state index is -0.524. The molecule has 3 heterocycles. The number of fused-ring (bicyclic) bond motifs is 1. The molecule has 0 aliphatic carbocycles. The average Bonchev–Trinajstić information content (AvgIpc) is 3.04. The van der Waals surface area contributed by atoms with Gasteiger partial charge >= 0.3 is 6.03 Å². The van der Waals surface area contributed by atoms with Crippen molar-refractivity contribution in [2.45, 2.75) is 59.1 Å². The number of anilines is 2. The number of rotatable bonds is 11. The van der Waals surface area contributed by atoms with E-state index in [1.54, 1.807) is 24.7 Å². The number of aliphatic hydroxyl groups is 1. The monoisotopic (exact) mass is 605 g/mol. The number of aryl methyl sites for hydroxylation is 1. The lowest BCUT2D eigenvalue weighted by Crippen LogP contribution is -2.30. The highest BCUT2D eigenvalue weighted by atomic mass is 16.5. The molecule has 9 nitrogen and oxygen atoms in total. The van der Waals surface area contributed by atoms with Crippen LogP contribution >= 0.6 is 0 Å². The number of benzene rings is 2.